The minimum absolute atomic E-state index is 0.0763. The Morgan fingerprint density at radius 1 is 0.318 bits per heavy atom. The largest absolute Gasteiger partial charge is 0.311 e. The molecule has 85 heavy (non-hydrogen) atoms. The van der Waals surface area contributed by atoms with Crippen LogP contribution in [0.5, 0.6) is 0 Å². The summed E-state index contributed by atoms with van der Waals surface area (Å²) >= 11 is 0. The van der Waals surface area contributed by atoms with Gasteiger partial charge in [-0.25, -0.2) is 9.97 Å². The second-order valence-corrected chi connectivity index (χ2v) is 23.3. The van der Waals surface area contributed by atoms with Gasteiger partial charge in [-0.3, -0.25) is 0 Å². The molecule has 2 aliphatic heterocycles. The van der Waals surface area contributed by atoms with Crippen molar-refractivity contribution in [2.75, 3.05) is 9.80 Å². The van der Waals surface area contributed by atoms with Gasteiger partial charge < -0.3 is 14.4 Å². The fraction of sp³-hybridized carbons (Fsp3) is 0.0380. The molecule has 0 N–H and O–H groups in total. The zero-order chi connectivity index (χ0) is 56.3. The molecule has 0 fully saturated rings. The fourth-order valence-electron chi connectivity index (χ4n) is 14.2. The predicted octanol–water partition coefficient (Wildman–Crippen LogP) is 18.3. The number of rotatable bonds is 8. The third-order valence-corrected chi connectivity index (χ3v) is 18.2. The van der Waals surface area contributed by atoms with Gasteiger partial charge in [-0.05, 0) is 140 Å². The molecule has 0 unspecified atom stereocenters. The molecule has 0 saturated carbocycles. The van der Waals surface area contributed by atoms with E-state index in [4.69, 9.17) is 9.97 Å². The lowest BCUT2D eigenvalue weighted by molar-refractivity contribution is 0.661. The fourth-order valence-corrected chi connectivity index (χ4v) is 14.2. The van der Waals surface area contributed by atoms with Crippen molar-refractivity contribution >= 4 is 79.0 Å². The highest BCUT2D eigenvalue weighted by Gasteiger charge is 2.43. The lowest BCUT2D eigenvalue weighted by Gasteiger charge is -2.44. The van der Waals surface area contributed by atoms with Gasteiger partial charge in [0, 0.05) is 72.6 Å². The van der Waals surface area contributed by atoms with Gasteiger partial charge in [0.25, 0.3) is 6.71 Å². The number of nitrogens with zero attached hydrogens (tertiary/aromatic N) is 5. The number of benzene rings is 12. The van der Waals surface area contributed by atoms with Gasteiger partial charge in [-0.1, -0.05) is 220 Å². The van der Waals surface area contributed by atoms with Crippen LogP contribution < -0.4 is 26.2 Å². The Kier molecular flexibility index (Phi) is 11.0. The lowest BCUT2D eigenvalue weighted by atomic mass is 9.33. The molecule has 0 atom stereocenters. The number of hydrogen-bond donors (Lipinski definition) is 0. The normalized spacial score (nSPS) is 13.3. The van der Waals surface area contributed by atoms with Crippen LogP contribution in [0, 0.1) is 0 Å². The molecule has 17 rings (SSSR count). The average Bonchev–Trinajstić information content (AvgIpc) is 2.05. The van der Waals surface area contributed by atoms with E-state index in [1.54, 1.807) is 0 Å². The van der Waals surface area contributed by atoms with Crippen LogP contribution in [0.4, 0.5) is 34.1 Å². The zero-order valence-electron chi connectivity index (χ0n) is 47.0. The second-order valence-electron chi connectivity index (χ2n) is 23.3. The predicted molar refractivity (Wildman–Crippen MR) is 355 cm³/mol. The first-order chi connectivity index (χ1) is 41.9. The molecule has 2 aromatic heterocycles. The van der Waals surface area contributed by atoms with Gasteiger partial charge in [-0.15, -0.1) is 0 Å². The van der Waals surface area contributed by atoms with E-state index in [9.17, 15) is 0 Å². The van der Waals surface area contributed by atoms with Crippen LogP contribution in [0.1, 0.15) is 25.0 Å². The van der Waals surface area contributed by atoms with Gasteiger partial charge >= 0.3 is 0 Å². The summed E-state index contributed by atoms with van der Waals surface area (Å²) in [5.74, 6) is 0.688. The number of fused-ring (bicyclic) bond motifs is 10. The molecule has 14 aromatic rings. The van der Waals surface area contributed by atoms with E-state index in [2.05, 4.69) is 313 Å². The number of anilines is 6. The van der Waals surface area contributed by atoms with Gasteiger partial charge in [-0.2, -0.15) is 0 Å². The number of aromatic nitrogens is 3. The van der Waals surface area contributed by atoms with Crippen LogP contribution in [-0.2, 0) is 5.41 Å². The third-order valence-electron chi connectivity index (χ3n) is 18.2. The van der Waals surface area contributed by atoms with E-state index < -0.39 is 0 Å². The van der Waals surface area contributed by atoms with Crippen molar-refractivity contribution in [3.05, 3.63) is 302 Å². The second kappa shape index (κ2) is 19.1. The average molecular weight is 1080 g/mol. The first-order valence-corrected chi connectivity index (χ1v) is 29.4. The molecule has 398 valence electrons. The Morgan fingerprint density at radius 3 is 1.61 bits per heavy atom. The monoisotopic (exact) mass is 1080 g/mol. The Bertz CT molecular complexity index is 4930. The van der Waals surface area contributed by atoms with Crippen LogP contribution in [0.15, 0.2) is 291 Å². The summed E-state index contributed by atoms with van der Waals surface area (Å²) in [6, 6.07) is 106. The smallest absolute Gasteiger partial charge is 0.252 e. The molecule has 6 heteroatoms. The van der Waals surface area contributed by atoms with Crippen molar-refractivity contribution in [1.29, 1.82) is 0 Å². The maximum Gasteiger partial charge on any atom is 0.252 e. The molecule has 5 nitrogen and oxygen atoms in total. The molecule has 0 amide bonds. The first-order valence-electron chi connectivity index (χ1n) is 29.4. The molecule has 0 saturated heterocycles. The molecule has 1 aliphatic carbocycles. The summed E-state index contributed by atoms with van der Waals surface area (Å²) in [6.07, 6.45) is 0. The van der Waals surface area contributed by atoms with Crippen molar-refractivity contribution in [2.45, 2.75) is 19.3 Å². The van der Waals surface area contributed by atoms with Crippen molar-refractivity contribution in [3.63, 3.8) is 0 Å². The van der Waals surface area contributed by atoms with E-state index in [-0.39, 0.29) is 12.1 Å². The SMILES string of the molecule is CC1(C)c2ccccc2-c2cc3c4ccccc4n(-c4ccc(-c5cc(-c6ccccc6)nc(-c6ccccc6)n5)cc4-c4ccc(-c5cccc(N6c7ccccc7B7c8ccccc8N(c8ccccc8)c8cccc6c87)c5)cc4)c3cc21. The molecular formula is C79H54BN5. The number of para-hydroxylation sites is 4. The number of hydrogen-bond acceptors (Lipinski definition) is 4. The van der Waals surface area contributed by atoms with Crippen LogP contribution >= 0.6 is 0 Å². The summed E-state index contributed by atoms with van der Waals surface area (Å²) in [5, 5.41) is 2.47. The van der Waals surface area contributed by atoms with Gasteiger partial charge in [0.1, 0.15) is 0 Å². The minimum atomic E-state index is -0.169. The highest BCUT2D eigenvalue weighted by Crippen LogP contribution is 2.52. The molecule has 3 aliphatic rings. The van der Waals surface area contributed by atoms with Gasteiger partial charge in [0.15, 0.2) is 5.82 Å². The standard InChI is InChI=1S/C79H54BN5/c1-79(2)64-32-14-12-30-59(64)62-48-63-60-31-13-17-35-70(60)85(76(63)49-65(62)79)71-45-44-56(69-50-68(53-22-6-3-7-23-53)81-78(82-69)54-24-8-4-9-25-54)47-61(71)52-42-40-51(41-43-52)55-26-20-29-58(46-55)84-73-37-19-16-34-67(73)80-66-33-15-18-36-72(66)83(57-27-10-5-11-28-57)74-38-21-39-75(84)77(74)80/h3-50H,1-2H3. The van der Waals surface area contributed by atoms with Crippen LogP contribution in [0.25, 0.3) is 94.8 Å². The topological polar surface area (TPSA) is 37.2 Å². The molecular weight excluding hydrogens is 1030 g/mol. The van der Waals surface area contributed by atoms with Crippen molar-refractivity contribution in [2.24, 2.45) is 0 Å². The molecule has 0 spiro atoms. The molecule has 0 bridgehead atoms. The van der Waals surface area contributed by atoms with E-state index >= 15 is 0 Å². The molecule has 0 radical (unpaired) electrons. The Labute approximate surface area is 495 Å². The zero-order valence-corrected chi connectivity index (χ0v) is 47.0. The third kappa shape index (κ3) is 7.65. The summed E-state index contributed by atoms with van der Waals surface area (Å²) in [7, 11) is 0. The van der Waals surface area contributed by atoms with E-state index in [0.717, 1.165) is 72.9 Å². The van der Waals surface area contributed by atoms with E-state index in [0.29, 0.717) is 5.82 Å². The van der Waals surface area contributed by atoms with Gasteiger partial charge in [0.2, 0.25) is 0 Å². The van der Waals surface area contributed by atoms with E-state index in [1.807, 2.05) is 6.07 Å². The van der Waals surface area contributed by atoms with Gasteiger partial charge in [0.05, 0.1) is 28.1 Å². The minimum Gasteiger partial charge on any atom is -0.311 e. The highest BCUT2D eigenvalue weighted by molar-refractivity contribution is 7.00. The molecule has 12 aromatic carbocycles. The van der Waals surface area contributed by atoms with Crippen molar-refractivity contribution in [1.82, 2.24) is 14.5 Å². The summed E-state index contributed by atoms with van der Waals surface area (Å²) in [6.45, 7) is 4.82. The summed E-state index contributed by atoms with van der Waals surface area (Å²) < 4.78 is 2.51. The van der Waals surface area contributed by atoms with Crippen LogP contribution in [-0.4, -0.2) is 21.2 Å². The first kappa shape index (κ1) is 48.9. The van der Waals surface area contributed by atoms with Crippen molar-refractivity contribution in [3.8, 4) is 73.0 Å². The maximum absolute atomic E-state index is 5.35. The molecule has 4 heterocycles. The summed E-state index contributed by atoms with van der Waals surface area (Å²) in [5.41, 5.74) is 28.8. The Hall–Kier alpha value is -10.8. The van der Waals surface area contributed by atoms with Crippen LogP contribution in [0.2, 0.25) is 0 Å². The quantitative estimate of drug-likeness (QED) is 0.142. The van der Waals surface area contributed by atoms with E-state index in [1.165, 1.54) is 77.7 Å². The van der Waals surface area contributed by atoms with Crippen LogP contribution in [0.3, 0.4) is 0 Å². The summed E-state index contributed by atoms with van der Waals surface area (Å²) in [4.78, 5) is 15.5. The lowest BCUT2D eigenvalue weighted by Crippen LogP contribution is -2.61. The maximum atomic E-state index is 5.35. The Morgan fingerprint density at radius 2 is 0.871 bits per heavy atom. The highest BCUT2D eigenvalue weighted by atomic mass is 15.2. The Balaban J connectivity index is 0.824. The van der Waals surface area contributed by atoms with Crippen molar-refractivity contribution < 1.29 is 0 Å².